The second-order valence-corrected chi connectivity index (χ2v) is 5.90. The summed E-state index contributed by atoms with van der Waals surface area (Å²) < 4.78 is 1.67. The van der Waals surface area contributed by atoms with Gasteiger partial charge in [-0.15, -0.1) is 11.3 Å². The zero-order chi connectivity index (χ0) is 16.6. The van der Waals surface area contributed by atoms with Crippen molar-refractivity contribution < 1.29 is 9.59 Å². The minimum atomic E-state index is -0.463. The molecule has 0 aliphatic rings. The molecule has 0 bridgehead atoms. The van der Waals surface area contributed by atoms with Crippen molar-refractivity contribution in [3.8, 4) is 0 Å². The zero-order valence-corrected chi connectivity index (χ0v) is 13.3. The molecular weight excluding hydrogens is 316 g/mol. The third-order valence-corrected chi connectivity index (χ3v) is 4.06. The summed E-state index contributed by atoms with van der Waals surface area (Å²) in [5.41, 5.74) is 7.60. The fourth-order valence-electron chi connectivity index (χ4n) is 2.23. The fraction of sp³-hybridized carbons (Fsp3) is 0.214. The van der Waals surface area contributed by atoms with E-state index in [-0.39, 0.29) is 12.3 Å². The third-order valence-electron chi connectivity index (χ3n) is 3.25. The number of carbonyl (C=O) groups excluding carboxylic acids is 2. The first kappa shape index (κ1) is 15.1. The number of nitrogens with zero attached hydrogens (tertiary/aromatic N) is 4. The van der Waals surface area contributed by atoms with Crippen LogP contribution in [0.5, 0.6) is 0 Å². The minimum Gasteiger partial charge on any atom is -0.369 e. The van der Waals surface area contributed by atoms with Gasteiger partial charge in [-0.25, -0.2) is 9.97 Å². The lowest BCUT2D eigenvalue weighted by Gasteiger charge is -2.02. The van der Waals surface area contributed by atoms with E-state index in [4.69, 9.17) is 5.73 Å². The smallest absolute Gasteiger partial charge is 0.259 e. The Hall–Kier alpha value is -2.81. The molecule has 118 valence electrons. The molecule has 23 heavy (non-hydrogen) atoms. The lowest BCUT2D eigenvalue weighted by atomic mass is 10.2. The number of hydrogen-bond donors (Lipinski definition) is 2. The van der Waals surface area contributed by atoms with Crippen molar-refractivity contribution in [1.29, 1.82) is 0 Å². The number of thiazole rings is 1. The van der Waals surface area contributed by atoms with Crippen molar-refractivity contribution in [1.82, 2.24) is 19.7 Å². The van der Waals surface area contributed by atoms with E-state index in [2.05, 4.69) is 20.4 Å². The van der Waals surface area contributed by atoms with Gasteiger partial charge in [-0.2, -0.15) is 5.10 Å². The van der Waals surface area contributed by atoms with Gasteiger partial charge < -0.3 is 5.73 Å². The van der Waals surface area contributed by atoms with Gasteiger partial charge in [-0.3, -0.25) is 19.6 Å². The highest BCUT2D eigenvalue weighted by molar-refractivity contribution is 7.14. The van der Waals surface area contributed by atoms with Crippen LogP contribution in [0.1, 0.15) is 21.7 Å². The molecule has 0 aromatic carbocycles. The highest BCUT2D eigenvalue weighted by atomic mass is 32.1. The van der Waals surface area contributed by atoms with Crippen LogP contribution in [0, 0.1) is 6.92 Å². The van der Waals surface area contributed by atoms with Crippen LogP contribution in [-0.4, -0.2) is 31.6 Å². The van der Waals surface area contributed by atoms with Crippen LogP contribution in [-0.2, 0) is 18.3 Å². The number of rotatable bonds is 4. The number of nitrogens with two attached hydrogens (primary N) is 1. The van der Waals surface area contributed by atoms with E-state index in [9.17, 15) is 9.59 Å². The van der Waals surface area contributed by atoms with Crippen molar-refractivity contribution >= 4 is 39.3 Å². The predicted octanol–water partition coefficient (Wildman–Crippen LogP) is 1.01. The SMILES string of the molecule is Cc1nn(C)c2ncc(C(=O)Nc3nc(CC(N)=O)cs3)cc12. The van der Waals surface area contributed by atoms with Crippen molar-refractivity contribution in [2.45, 2.75) is 13.3 Å². The average molecular weight is 330 g/mol. The third kappa shape index (κ3) is 3.04. The monoisotopic (exact) mass is 330 g/mol. The Balaban J connectivity index is 1.81. The molecule has 3 aromatic heterocycles. The number of nitrogens with one attached hydrogen (secondary N) is 1. The summed E-state index contributed by atoms with van der Waals surface area (Å²) in [6.45, 7) is 1.86. The van der Waals surface area contributed by atoms with Crippen LogP contribution in [0.2, 0.25) is 0 Å². The van der Waals surface area contributed by atoms with E-state index < -0.39 is 5.91 Å². The molecule has 8 nitrogen and oxygen atoms in total. The Labute approximate surface area is 135 Å². The van der Waals surface area contributed by atoms with Crippen LogP contribution in [0.15, 0.2) is 17.6 Å². The average Bonchev–Trinajstić information content (AvgIpc) is 3.03. The number of aryl methyl sites for hydroxylation is 2. The Kier molecular flexibility index (Phi) is 3.78. The molecular formula is C14H14N6O2S. The van der Waals surface area contributed by atoms with Gasteiger partial charge in [0.2, 0.25) is 5.91 Å². The highest BCUT2D eigenvalue weighted by Crippen LogP contribution is 2.19. The Bertz CT molecular complexity index is 913. The highest BCUT2D eigenvalue weighted by Gasteiger charge is 2.13. The van der Waals surface area contributed by atoms with Crippen LogP contribution >= 0.6 is 11.3 Å². The standard InChI is InChI=1S/C14H14N6O2S/c1-7-10-3-8(5-16-12(10)20(2)19-7)13(22)18-14-17-9(6-23-14)4-11(15)21/h3,5-6H,4H2,1-2H3,(H2,15,21)(H,17,18,22). The van der Waals surface area contributed by atoms with E-state index in [1.807, 2.05) is 6.92 Å². The molecule has 0 aliphatic carbocycles. The molecule has 0 radical (unpaired) electrons. The topological polar surface area (TPSA) is 116 Å². The van der Waals surface area contributed by atoms with E-state index in [0.29, 0.717) is 16.4 Å². The second-order valence-electron chi connectivity index (χ2n) is 5.05. The summed E-state index contributed by atoms with van der Waals surface area (Å²) in [7, 11) is 1.80. The van der Waals surface area contributed by atoms with Crippen LogP contribution in [0.3, 0.4) is 0 Å². The van der Waals surface area contributed by atoms with Gasteiger partial charge >= 0.3 is 0 Å². The number of anilines is 1. The second kappa shape index (κ2) is 5.76. The predicted molar refractivity (Wildman–Crippen MR) is 86.2 cm³/mol. The summed E-state index contributed by atoms with van der Waals surface area (Å²) >= 11 is 1.24. The van der Waals surface area contributed by atoms with Gasteiger partial charge in [0.1, 0.15) is 0 Å². The number of aromatic nitrogens is 4. The number of fused-ring (bicyclic) bond motifs is 1. The number of pyridine rings is 1. The van der Waals surface area contributed by atoms with Gasteiger partial charge in [0.15, 0.2) is 10.8 Å². The normalized spacial score (nSPS) is 10.9. The molecule has 0 saturated carbocycles. The minimum absolute atomic E-state index is 0.0504. The van der Waals surface area contributed by atoms with E-state index in [1.54, 1.807) is 23.2 Å². The maximum atomic E-state index is 12.3. The molecule has 0 aliphatic heterocycles. The first-order valence-corrected chi connectivity index (χ1v) is 7.65. The fourth-order valence-corrected chi connectivity index (χ4v) is 2.93. The van der Waals surface area contributed by atoms with Crippen molar-refractivity contribution in [2.75, 3.05) is 5.32 Å². The molecule has 0 saturated heterocycles. The first-order valence-electron chi connectivity index (χ1n) is 6.77. The van der Waals surface area contributed by atoms with Gasteiger partial charge in [0.05, 0.1) is 23.4 Å². The number of hydrogen-bond acceptors (Lipinski definition) is 6. The quantitative estimate of drug-likeness (QED) is 0.740. The zero-order valence-electron chi connectivity index (χ0n) is 12.5. The molecule has 0 atom stereocenters. The summed E-state index contributed by atoms with van der Waals surface area (Å²) in [6.07, 6.45) is 1.55. The molecule has 3 heterocycles. The Morgan fingerprint density at radius 3 is 2.96 bits per heavy atom. The maximum absolute atomic E-state index is 12.3. The van der Waals surface area contributed by atoms with Crippen LogP contribution < -0.4 is 11.1 Å². The van der Waals surface area contributed by atoms with Crippen LogP contribution in [0.4, 0.5) is 5.13 Å². The molecule has 0 fully saturated rings. The van der Waals surface area contributed by atoms with Gasteiger partial charge in [-0.1, -0.05) is 0 Å². The summed E-state index contributed by atoms with van der Waals surface area (Å²) in [5.74, 6) is -0.780. The van der Waals surface area contributed by atoms with Crippen molar-refractivity contribution in [2.24, 2.45) is 12.8 Å². The molecule has 9 heteroatoms. The first-order chi connectivity index (χ1) is 10.9. The number of amides is 2. The van der Waals surface area contributed by atoms with Gasteiger partial charge in [0, 0.05) is 24.0 Å². The number of carbonyl (C=O) groups is 2. The van der Waals surface area contributed by atoms with Gasteiger partial charge in [-0.05, 0) is 13.0 Å². The van der Waals surface area contributed by atoms with Crippen molar-refractivity contribution in [3.63, 3.8) is 0 Å². The molecule has 3 N–H and O–H groups in total. The molecule has 0 unspecified atom stereocenters. The molecule has 0 spiro atoms. The lowest BCUT2D eigenvalue weighted by molar-refractivity contribution is -0.117. The number of primary amides is 1. The van der Waals surface area contributed by atoms with Crippen molar-refractivity contribution in [3.05, 3.63) is 34.6 Å². The summed E-state index contributed by atoms with van der Waals surface area (Å²) in [6, 6.07) is 1.75. The van der Waals surface area contributed by atoms with Gasteiger partial charge in [0.25, 0.3) is 5.91 Å². The Morgan fingerprint density at radius 1 is 1.43 bits per heavy atom. The largest absolute Gasteiger partial charge is 0.369 e. The summed E-state index contributed by atoms with van der Waals surface area (Å²) in [5, 5.41) is 9.89. The Morgan fingerprint density at radius 2 is 2.22 bits per heavy atom. The summed E-state index contributed by atoms with van der Waals surface area (Å²) in [4.78, 5) is 31.6. The maximum Gasteiger partial charge on any atom is 0.259 e. The van der Waals surface area contributed by atoms with E-state index in [0.717, 1.165) is 16.7 Å². The van der Waals surface area contributed by atoms with Crippen LogP contribution in [0.25, 0.3) is 11.0 Å². The molecule has 2 amide bonds. The molecule has 3 rings (SSSR count). The van der Waals surface area contributed by atoms with E-state index in [1.165, 1.54) is 17.5 Å². The van der Waals surface area contributed by atoms with E-state index >= 15 is 0 Å². The molecule has 3 aromatic rings. The lowest BCUT2D eigenvalue weighted by Crippen LogP contribution is -2.14.